The Bertz CT molecular complexity index is 1620. The van der Waals surface area contributed by atoms with Crippen LogP contribution in [0.2, 0.25) is 0 Å². The van der Waals surface area contributed by atoms with Crippen molar-refractivity contribution in [2.24, 2.45) is 0 Å². The molecule has 2 atom stereocenters. The first-order valence-corrected chi connectivity index (χ1v) is 27.3. The van der Waals surface area contributed by atoms with Crippen LogP contribution in [0.4, 0.5) is 0 Å². The molecule has 0 saturated carbocycles. The third kappa shape index (κ3) is 53.1. The molecule has 9 nitrogen and oxygen atoms in total. The van der Waals surface area contributed by atoms with Crippen LogP contribution in [0.5, 0.6) is 0 Å². The number of ether oxygens (including phenoxy) is 4. The van der Waals surface area contributed by atoms with Crippen LogP contribution in [0.1, 0.15) is 181 Å². The number of hydrogen-bond acceptors (Lipinski definition) is 8. The third-order valence-electron chi connectivity index (χ3n) is 10.9. The lowest BCUT2D eigenvalue weighted by atomic mass is 10.0. The standard InChI is InChI=1S/C62H99NO8/c1-6-8-10-12-14-16-18-20-22-23-24-25-26-27-28-29-30-31-32-33-34-35-36-37-39-41-43-45-47-49-51-53-60(65)71-58(57-70-62(61(66)67)68-55-54-63(3,4)5)56-69-59(64)52-50-48-46-44-42-40-38-21-19-17-15-13-11-9-7-2/h8-11,14-17,20-22,24-25,27-28,30-31,38,42,44,48,50,58,62H,6-7,12-13,18-19,23,26,29,32-37,39-41,43,45-47,49,51-57H2,1-5H3/b10-8-,11-9-,16-14-,17-15-,22-20-,25-24-,28-27-,31-30-,38-21-,44-42-,50-48-. The van der Waals surface area contributed by atoms with Crippen molar-refractivity contribution in [1.29, 1.82) is 0 Å². The van der Waals surface area contributed by atoms with Crippen LogP contribution in [0.25, 0.3) is 0 Å². The average molecular weight is 986 g/mol. The SMILES string of the molecule is CC/C=C\C/C=C\C/C=C\C/C=C\C/C=C\C/C=C\CCCCCCCCCCCCCCC(=O)OC(COC(=O)C/C=C\C/C=C\C/C=C\C/C=C\C/C=C\CC)COC(OCC[N+](C)(C)C)C(=O)[O-]. The highest BCUT2D eigenvalue weighted by atomic mass is 16.7. The van der Waals surface area contributed by atoms with Crippen molar-refractivity contribution in [3.63, 3.8) is 0 Å². The van der Waals surface area contributed by atoms with Gasteiger partial charge in [0.2, 0.25) is 0 Å². The van der Waals surface area contributed by atoms with E-state index in [2.05, 4.69) is 129 Å². The zero-order valence-corrected chi connectivity index (χ0v) is 45.3. The average Bonchev–Trinajstić information content (AvgIpc) is 3.34. The first-order chi connectivity index (χ1) is 34.6. The molecule has 0 aliphatic heterocycles. The van der Waals surface area contributed by atoms with E-state index in [0.717, 1.165) is 89.9 Å². The molecule has 0 amide bonds. The van der Waals surface area contributed by atoms with Crippen molar-refractivity contribution in [3.8, 4) is 0 Å². The van der Waals surface area contributed by atoms with Gasteiger partial charge in [0.05, 0.1) is 46.7 Å². The molecule has 0 spiro atoms. The van der Waals surface area contributed by atoms with E-state index in [9.17, 15) is 19.5 Å². The number of likely N-dealkylation sites (N-methyl/N-ethyl adjacent to an activating group) is 1. The summed E-state index contributed by atoms with van der Waals surface area (Å²) in [5.74, 6) is -2.47. The Kier molecular flexibility index (Phi) is 48.4. The largest absolute Gasteiger partial charge is 0.545 e. The normalized spacial score (nSPS) is 13.9. The third-order valence-corrected chi connectivity index (χ3v) is 10.9. The monoisotopic (exact) mass is 986 g/mol. The van der Waals surface area contributed by atoms with Crippen LogP contribution in [0.3, 0.4) is 0 Å². The molecule has 400 valence electrons. The van der Waals surface area contributed by atoms with Gasteiger partial charge in [0.1, 0.15) is 13.2 Å². The van der Waals surface area contributed by atoms with E-state index in [0.29, 0.717) is 23.9 Å². The van der Waals surface area contributed by atoms with Gasteiger partial charge in [-0.1, -0.05) is 212 Å². The number of carboxylic acid groups (broad SMARTS) is 1. The topological polar surface area (TPSA) is 111 Å². The van der Waals surface area contributed by atoms with Crippen molar-refractivity contribution in [2.45, 2.75) is 193 Å². The second-order valence-electron chi connectivity index (χ2n) is 18.8. The van der Waals surface area contributed by atoms with Crippen LogP contribution < -0.4 is 5.11 Å². The van der Waals surface area contributed by atoms with E-state index >= 15 is 0 Å². The first-order valence-electron chi connectivity index (χ1n) is 27.3. The number of carboxylic acids is 1. The molecule has 0 rings (SSSR count). The quantitative estimate of drug-likeness (QED) is 0.0195. The van der Waals surface area contributed by atoms with Crippen LogP contribution in [0.15, 0.2) is 134 Å². The van der Waals surface area contributed by atoms with E-state index in [-0.39, 0.29) is 32.7 Å². The predicted octanol–water partition coefficient (Wildman–Crippen LogP) is 14.6. The van der Waals surface area contributed by atoms with Crippen LogP contribution >= 0.6 is 0 Å². The molecule has 0 aromatic rings. The second kappa shape index (κ2) is 51.8. The summed E-state index contributed by atoms with van der Waals surface area (Å²) in [6.07, 6.45) is 71.0. The van der Waals surface area contributed by atoms with Gasteiger partial charge in [0.15, 0.2) is 12.4 Å². The molecule has 0 bridgehead atoms. The van der Waals surface area contributed by atoms with Gasteiger partial charge in [-0.15, -0.1) is 0 Å². The van der Waals surface area contributed by atoms with Gasteiger partial charge in [0, 0.05) is 6.42 Å². The van der Waals surface area contributed by atoms with Crippen LogP contribution in [-0.2, 0) is 33.3 Å². The van der Waals surface area contributed by atoms with E-state index in [1.807, 2.05) is 33.3 Å². The maximum Gasteiger partial charge on any atom is 0.309 e. The fourth-order valence-corrected chi connectivity index (χ4v) is 6.79. The molecule has 0 N–H and O–H groups in total. The van der Waals surface area contributed by atoms with Crippen molar-refractivity contribution >= 4 is 17.9 Å². The van der Waals surface area contributed by atoms with Gasteiger partial charge >= 0.3 is 11.9 Å². The molecule has 0 radical (unpaired) electrons. The van der Waals surface area contributed by atoms with Crippen LogP contribution in [0, 0.1) is 0 Å². The van der Waals surface area contributed by atoms with E-state index < -0.39 is 30.3 Å². The number of carbonyl (C=O) groups excluding carboxylic acids is 3. The predicted molar refractivity (Wildman–Crippen MR) is 296 cm³/mol. The van der Waals surface area contributed by atoms with E-state index in [1.165, 1.54) is 51.4 Å². The first kappa shape index (κ1) is 66.4. The summed E-state index contributed by atoms with van der Waals surface area (Å²) in [5.41, 5.74) is 0. The van der Waals surface area contributed by atoms with Crippen molar-refractivity contribution in [3.05, 3.63) is 134 Å². The Morgan fingerprint density at radius 2 is 0.803 bits per heavy atom. The summed E-state index contributed by atoms with van der Waals surface area (Å²) in [5, 5.41) is 11.7. The fourth-order valence-electron chi connectivity index (χ4n) is 6.79. The lowest BCUT2D eigenvalue weighted by Crippen LogP contribution is -2.44. The molecule has 0 saturated heterocycles. The Balaban J connectivity index is 4.31. The summed E-state index contributed by atoms with van der Waals surface area (Å²) in [6, 6.07) is 0. The van der Waals surface area contributed by atoms with Gasteiger partial charge in [-0.25, -0.2) is 0 Å². The molecule has 0 fully saturated rings. The molecule has 9 heteroatoms. The minimum absolute atomic E-state index is 0.0528. The number of quaternary nitrogens is 1. The Morgan fingerprint density at radius 1 is 0.437 bits per heavy atom. The second-order valence-corrected chi connectivity index (χ2v) is 18.8. The molecular formula is C62H99NO8. The molecule has 0 heterocycles. The lowest BCUT2D eigenvalue weighted by Gasteiger charge is -2.26. The van der Waals surface area contributed by atoms with Crippen molar-refractivity contribution in [1.82, 2.24) is 0 Å². The van der Waals surface area contributed by atoms with Gasteiger partial charge in [-0.2, -0.15) is 0 Å². The highest BCUT2D eigenvalue weighted by molar-refractivity contribution is 5.71. The minimum atomic E-state index is -1.65. The van der Waals surface area contributed by atoms with Gasteiger partial charge in [-0.05, 0) is 89.9 Å². The molecular weight excluding hydrogens is 887 g/mol. The summed E-state index contributed by atoms with van der Waals surface area (Å²) in [7, 11) is 5.88. The van der Waals surface area contributed by atoms with E-state index in [4.69, 9.17) is 18.9 Å². The maximum absolute atomic E-state index is 12.8. The Hall–Kier alpha value is -4.57. The van der Waals surface area contributed by atoms with Crippen molar-refractivity contribution < 1.29 is 42.9 Å². The van der Waals surface area contributed by atoms with Gasteiger partial charge in [-0.3, -0.25) is 9.59 Å². The number of unbranched alkanes of at least 4 members (excludes halogenated alkanes) is 12. The molecule has 0 aliphatic carbocycles. The Labute approximate surface area is 433 Å². The number of carbonyl (C=O) groups is 3. The number of allylic oxidation sites excluding steroid dienone is 21. The summed E-state index contributed by atoms with van der Waals surface area (Å²) in [4.78, 5) is 37.1. The number of esters is 2. The lowest BCUT2D eigenvalue weighted by molar-refractivity contribution is -0.870. The van der Waals surface area contributed by atoms with Gasteiger partial charge < -0.3 is 33.3 Å². The van der Waals surface area contributed by atoms with Crippen LogP contribution in [-0.4, -0.2) is 82.3 Å². The number of rotatable bonds is 48. The number of nitrogens with zero attached hydrogens (tertiary/aromatic N) is 1. The fraction of sp³-hybridized carbons (Fsp3) is 0.597. The number of aliphatic carboxylic acids is 1. The van der Waals surface area contributed by atoms with Crippen molar-refractivity contribution in [2.75, 3.05) is 47.5 Å². The summed E-state index contributed by atoms with van der Waals surface area (Å²) < 4.78 is 22.5. The summed E-state index contributed by atoms with van der Waals surface area (Å²) >= 11 is 0. The maximum atomic E-state index is 12.8. The minimum Gasteiger partial charge on any atom is -0.545 e. The molecule has 0 aliphatic rings. The zero-order chi connectivity index (χ0) is 52.0. The Morgan fingerprint density at radius 3 is 1.20 bits per heavy atom. The highest BCUT2D eigenvalue weighted by Gasteiger charge is 2.21. The molecule has 2 unspecified atom stereocenters. The molecule has 0 aromatic carbocycles. The number of hydrogen-bond donors (Lipinski definition) is 0. The summed E-state index contributed by atoms with van der Waals surface area (Å²) in [6.45, 7) is 4.37. The highest BCUT2D eigenvalue weighted by Crippen LogP contribution is 2.14. The molecule has 71 heavy (non-hydrogen) atoms. The van der Waals surface area contributed by atoms with Gasteiger partial charge in [0.25, 0.3) is 0 Å². The zero-order valence-electron chi connectivity index (χ0n) is 45.3. The molecule has 0 aromatic heterocycles. The smallest absolute Gasteiger partial charge is 0.309 e. The van der Waals surface area contributed by atoms with E-state index in [1.54, 1.807) is 6.08 Å².